The number of hydrogen-bond acceptors (Lipinski definition) is 6. The molecule has 10 nitrogen and oxygen atoms in total. The number of benzene rings is 1. The second kappa shape index (κ2) is 8.99. The van der Waals surface area contributed by atoms with E-state index in [1.54, 1.807) is 21.8 Å². The van der Waals surface area contributed by atoms with Gasteiger partial charge in [0, 0.05) is 31.3 Å². The molecule has 0 atom stereocenters. The zero-order valence-electron chi connectivity index (χ0n) is 19.6. The Kier molecular flexibility index (Phi) is 5.51. The van der Waals surface area contributed by atoms with Crippen molar-refractivity contribution in [3.05, 3.63) is 72.2 Å². The number of carbonyl (C=O) groups is 1. The van der Waals surface area contributed by atoms with Crippen molar-refractivity contribution >= 4 is 17.1 Å². The van der Waals surface area contributed by atoms with Gasteiger partial charge in [-0.3, -0.25) is 9.48 Å². The molecule has 5 aromatic rings. The van der Waals surface area contributed by atoms with Gasteiger partial charge in [0.2, 0.25) is 0 Å². The molecule has 4 aromatic heterocycles. The molecule has 36 heavy (non-hydrogen) atoms. The van der Waals surface area contributed by atoms with Crippen molar-refractivity contribution in [3.63, 3.8) is 0 Å². The van der Waals surface area contributed by atoms with Gasteiger partial charge in [-0.1, -0.05) is 12.8 Å². The maximum absolute atomic E-state index is 14.5. The predicted molar refractivity (Wildman–Crippen MR) is 130 cm³/mol. The molecule has 1 amide bonds. The number of imidazole rings is 1. The van der Waals surface area contributed by atoms with Crippen LogP contribution in [0.5, 0.6) is 0 Å². The highest BCUT2D eigenvalue weighted by Gasteiger charge is 2.23. The molecule has 1 fully saturated rings. The molecule has 0 saturated heterocycles. The molecule has 182 valence electrons. The average Bonchev–Trinajstić information content (AvgIpc) is 3.67. The van der Waals surface area contributed by atoms with Crippen molar-refractivity contribution in [2.75, 3.05) is 0 Å². The van der Waals surface area contributed by atoms with Crippen molar-refractivity contribution in [2.45, 2.75) is 38.1 Å². The number of hydrogen-bond donors (Lipinski definition) is 2. The van der Waals surface area contributed by atoms with Crippen molar-refractivity contribution in [1.82, 2.24) is 44.8 Å². The van der Waals surface area contributed by atoms with Crippen LogP contribution in [0, 0.1) is 5.82 Å². The maximum atomic E-state index is 14.5. The number of H-pyrrole nitrogens is 1. The lowest BCUT2D eigenvalue weighted by molar-refractivity contribution is 0.0947. The Morgan fingerprint density at radius 1 is 1.11 bits per heavy atom. The summed E-state index contributed by atoms with van der Waals surface area (Å²) in [6.45, 7) is 0.134. The summed E-state index contributed by atoms with van der Waals surface area (Å²) in [5, 5.41) is 11.4. The second-order valence-electron chi connectivity index (χ2n) is 9.10. The Bertz CT molecular complexity index is 1560. The molecule has 0 radical (unpaired) electrons. The van der Waals surface area contributed by atoms with E-state index >= 15 is 0 Å². The van der Waals surface area contributed by atoms with Gasteiger partial charge in [0.1, 0.15) is 29.2 Å². The minimum absolute atomic E-state index is 0.134. The van der Waals surface area contributed by atoms with Gasteiger partial charge in [0.15, 0.2) is 11.3 Å². The number of nitrogens with one attached hydrogen (secondary N) is 2. The highest BCUT2D eigenvalue weighted by atomic mass is 19.1. The first-order valence-corrected chi connectivity index (χ1v) is 11.9. The normalized spacial score (nSPS) is 14.1. The second-order valence-corrected chi connectivity index (χ2v) is 9.10. The summed E-state index contributed by atoms with van der Waals surface area (Å²) in [7, 11) is 1.83. The molecule has 1 aliphatic carbocycles. The van der Waals surface area contributed by atoms with E-state index in [0.29, 0.717) is 28.2 Å². The van der Waals surface area contributed by atoms with E-state index < -0.39 is 5.82 Å². The lowest BCUT2D eigenvalue weighted by Gasteiger charge is -2.08. The lowest BCUT2D eigenvalue weighted by Crippen LogP contribution is -2.24. The zero-order valence-corrected chi connectivity index (χ0v) is 19.6. The Morgan fingerprint density at radius 3 is 2.78 bits per heavy atom. The smallest absolute Gasteiger partial charge is 0.272 e. The Morgan fingerprint density at radius 2 is 1.97 bits per heavy atom. The van der Waals surface area contributed by atoms with Crippen LogP contribution >= 0.6 is 0 Å². The molecule has 0 unspecified atom stereocenters. The van der Waals surface area contributed by atoms with Gasteiger partial charge < -0.3 is 10.3 Å². The number of carbonyl (C=O) groups excluding carboxylic acids is 1. The highest BCUT2D eigenvalue weighted by molar-refractivity contribution is 6.02. The Labute approximate surface area is 205 Å². The summed E-state index contributed by atoms with van der Waals surface area (Å²) in [4.78, 5) is 29.3. The number of halogens is 1. The largest absolute Gasteiger partial charge is 0.347 e. The van der Waals surface area contributed by atoms with E-state index in [4.69, 9.17) is 0 Å². The first-order chi connectivity index (χ1) is 17.5. The van der Waals surface area contributed by atoms with Crippen LogP contribution in [-0.4, -0.2) is 45.4 Å². The minimum atomic E-state index is -0.398. The Hall–Kier alpha value is -4.41. The van der Waals surface area contributed by atoms with Crippen molar-refractivity contribution in [2.24, 2.45) is 7.05 Å². The topological polar surface area (TPSA) is 119 Å². The van der Waals surface area contributed by atoms with Crippen LogP contribution in [0.25, 0.3) is 28.0 Å². The average molecular weight is 486 g/mol. The fourth-order valence-electron chi connectivity index (χ4n) is 4.74. The molecule has 0 bridgehead atoms. The SMILES string of the molecule is Cn1cc(-n2cc(-c3cc(F)cc(CNC(=O)c4ncnc5nc(C6CCCC6)[nH]c45)c3)cn2)cn1. The number of amides is 1. The summed E-state index contributed by atoms with van der Waals surface area (Å²) < 4.78 is 17.8. The van der Waals surface area contributed by atoms with Crippen LogP contribution in [0.4, 0.5) is 4.39 Å². The lowest BCUT2D eigenvalue weighted by atomic mass is 10.1. The van der Waals surface area contributed by atoms with E-state index in [1.165, 1.54) is 31.3 Å². The predicted octanol–water partition coefficient (Wildman–Crippen LogP) is 3.67. The Balaban J connectivity index is 1.20. The first-order valence-electron chi connectivity index (χ1n) is 11.9. The van der Waals surface area contributed by atoms with Gasteiger partial charge in [0.25, 0.3) is 5.91 Å². The van der Waals surface area contributed by atoms with Gasteiger partial charge >= 0.3 is 0 Å². The molecule has 1 saturated carbocycles. The van der Waals surface area contributed by atoms with Crippen molar-refractivity contribution in [1.29, 1.82) is 0 Å². The summed E-state index contributed by atoms with van der Waals surface area (Å²) in [5.41, 5.74) is 4.07. The number of fused-ring (bicyclic) bond motifs is 1. The number of nitrogens with zero attached hydrogens (tertiary/aromatic N) is 7. The monoisotopic (exact) mass is 485 g/mol. The van der Waals surface area contributed by atoms with E-state index in [1.807, 2.05) is 25.5 Å². The van der Waals surface area contributed by atoms with Gasteiger partial charge in [-0.25, -0.2) is 24.0 Å². The van der Waals surface area contributed by atoms with Gasteiger partial charge in [0.05, 0.1) is 18.6 Å². The fraction of sp³-hybridized carbons (Fsp3) is 0.280. The van der Waals surface area contributed by atoms with Crippen molar-refractivity contribution < 1.29 is 9.18 Å². The van der Waals surface area contributed by atoms with Crippen molar-refractivity contribution in [3.8, 4) is 16.8 Å². The molecule has 6 rings (SSSR count). The highest BCUT2D eigenvalue weighted by Crippen LogP contribution is 2.33. The van der Waals surface area contributed by atoms with E-state index in [9.17, 15) is 9.18 Å². The number of aryl methyl sites for hydroxylation is 1. The molecule has 11 heteroatoms. The summed E-state index contributed by atoms with van der Waals surface area (Å²) in [6, 6.07) is 4.68. The van der Waals surface area contributed by atoms with Crippen LogP contribution in [0.2, 0.25) is 0 Å². The maximum Gasteiger partial charge on any atom is 0.272 e. The summed E-state index contributed by atoms with van der Waals surface area (Å²) in [5.74, 6) is 0.450. The van der Waals surface area contributed by atoms with E-state index in [-0.39, 0.29) is 18.1 Å². The number of aromatic nitrogens is 8. The molecular weight excluding hydrogens is 461 g/mol. The fourth-order valence-corrected chi connectivity index (χ4v) is 4.74. The molecule has 4 heterocycles. The zero-order chi connectivity index (χ0) is 24.6. The third kappa shape index (κ3) is 4.23. The molecule has 2 N–H and O–H groups in total. The third-order valence-electron chi connectivity index (χ3n) is 6.55. The molecule has 0 spiro atoms. The van der Waals surface area contributed by atoms with Crippen LogP contribution in [0.3, 0.4) is 0 Å². The molecule has 1 aliphatic rings. The van der Waals surface area contributed by atoms with Gasteiger partial charge in [-0.2, -0.15) is 10.2 Å². The minimum Gasteiger partial charge on any atom is -0.347 e. The van der Waals surface area contributed by atoms with E-state index in [0.717, 1.165) is 29.9 Å². The standard InChI is InChI=1S/C25H24FN9O/c1-34-13-20(11-30-34)35-12-18(10-31-35)17-6-15(7-19(26)8-17)9-27-25(36)22-21-24(29-14-28-22)33-23(32-21)16-4-2-3-5-16/h6-8,10-14,16H,2-5,9H2,1H3,(H,27,36)(H,28,29,32,33). The van der Waals surface area contributed by atoms with Crippen LogP contribution in [0.15, 0.2) is 49.3 Å². The summed E-state index contributed by atoms with van der Waals surface area (Å²) in [6.07, 6.45) is 12.9. The third-order valence-corrected chi connectivity index (χ3v) is 6.55. The molecule has 0 aliphatic heterocycles. The molecular formula is C25H24FN9O. The van der Waals surface area contributed by atoms with Crippen LogP contribution in [-0.2, 0) is 13.6 Å². The number of rotatable bonds is 6. The van der Waals surface area contributed by atoms with Gasteiger partial charge in [-0.15, -0.1) is 0 Å². The van der Waals surface area contributed by atoms with Gasteiger partial charge in [-0.05, 0) is 42.2 Å². The summed E-state index contributed by atoms with van der Waals surface area (Å²) >= 11 is 0. The van der Waals surface area contributed by atoms with E-state index in [2.05, 4.69) is 35.5 Å². The molecule has 1 aromatic carbocycles. The first kappa shape index (κ1) is 22.1. The van der Waals surface area contributed by atoms with Crippen LogP contribution in [0.1, 0.15) is 53.5 Å². The van der Waals surface area contributed by atoms with Crippen LogP contribution < -0.4 is 5.32 Å². The quantitative estimate of drug-likeness (QED) is 0.379. The number of aromatic amines is 1.